The van der Waals surface area contributed by atoms with E-state index in [1.165, 1.54) is 0 Å². The number of hydrogen-bond acceptors (Lipinski definition) is 4. The van der Waals surface area contributed by atoms with Gasteiger partial charge in [-0.05, 0) is 50.9 Å². The molecule has 0 spiro atoms. The Morgan fingerprint density at radius 2 is 2.35 bits per heavy atom. The van der Waals surface area contributed by atoms with E-state index in [1.54, 1.807) is 25.3 Å². The minimum absolute atomic E-state index is 0.0618. The maximum Gasteiger partial charge on any atom is 0.225 e. The van der Waals surface area contributed by atoms with Gasteiger partial charge in [-0.2, -0.15) is 0 Å². The largest absolute Gasteiger partial charge is 0.495 e. The number of likely N-dealkylation sites (tertiary alicyclic amines) is 1. The molecule has 0 bridgehead atoms. The van der Waals surface area contributed by atoms with Gasteiger partial charge in [-0.25, -0.2) is 0 Å². The topological polar surface area (TPSA) is 61.8 Å². The van der Waals surface area contributed by atoms with Crippen molar-refractivity contribution in [2.75, 3.05) is 25.5 Å². The molecule has 1 aliphatic rings. The molecule has 1 saturated heterocycles. The molecule has 2 rings (SSSR count). The number of nitrogens with one attached hydrogen (secondary N) is 1. The third kappa shape index (κ3) is 5.37. The number of amides is 1. The number of benzene rings is 1. The summed E-state index contributed by atoms with van der Waals surface area (Å²) in [5.74, 6) is 0.532. The summed E-state index contributed by atoms with van der Waals surface area (Å²) in [6.07, 6.45) is 3.09. The lowest BCUT2D eigenvalue weighted by molar-refractivity contribution is -0.116. The lowest BCUT2D eigenvalue weighted by Gasteiger charge is -2.25. The molecule has 128 valence electrons. The van der Waals surface area contributed by atoms with Crippen LogP contribution in [0.5, 0.6) is 5.75 Å². The summed E-state index contributed by atoms with van der Waals surface area (Å²) in [6, 6.07) is 5.52. The summed E-state index contributed by atoms with van der Waals surface area (Å²) >= 11 is 5.97. The number of carbonyl (C=O) groups excluding carboxylic acids is 1. The first kappa shape index (κ1) is 18.0. The molecular formula is C17H25ClN2O3. The minimum Gasteiger partial charge on any atom is -0.495 e. The molecule has 1 amide bonds. The van der Waals surface area contributed by atoms with Crippen LogP contribution in [0.15, 0.2) is 18.2 Å². The number of ether oxygens (including phenoxy) is 1. The molecular weight excluding hydrogens is 316 g/mol. The van der Waals surface area contributed by atoms with Gasteiger partial charge >= 0.3 is 0 Å². The van der Waals surface area contributed by atoms with Crippen molar-refractivity contribution in [2.24, 2.45) is 0 Å². The van der Waals surface area contributed by atoms with E-state index in [4.69, 9.17) is 16.3 Å². The summed E-state index contributed by atoms with van der Waals surface area (Å²) in [4.78, 5) is 14.5. The van der Waals surface area contributed by atoms with Crippen LogP contribution in [0.2, 0.25) is 5.02 Å². The molecule has 0 aliphatic carbocycles. The molecule has 2 unspecified atom stereocenters. The predicted molar refractivity (Wildman–Crippen MR) is 92.1 cm³/mol. The van der Waals surface area contributed by atoms with Gasteiger partial charge in [0.2, 0.25) is 5.91 Å². The molecule has 1 heterocycles. The Labute approximate surface area is 142 Å². The molecule has 1 aromatic carbocycles. The molecule has 1 fully saturated rings. The first-order chi connectivity index (χ1) is 11.0. The van der Waals surface area contributed by atoms with Crippen LogP contribution in [0, 0.1) is 0 Å². The second-order valence-electron chi connectivity index (χ2n) is 6.06. The van der Waals surface area contributed by atoms with Crippen LogP contribution in [0.3, 0.4) is 0 Å². The average Bonchev–Trinajstić information content (AvgIpc) is 2.92. The summed E-state index contributed by atoms with van der Waals surface area (Å²) < 4.78 is 5.23. The first-order valence-corrected chi connectivity index (χ1v) is 8.43. The zero-order chi connectivity index (χ0) is 16.8. The minimum atomic E-state index is -0.301. The maximum absolute atomic E-state index is 12.2. The van der Waals surface area contributed by atoms with E-state index < -0.39 is 0 Å². The van der Waals surface area contributed by atoms with E-state index in [-0.39, 0.29) is 12.0 Å². The number of halogens is 1. The standard InChI is InChI=1S/C17H25ClN2O3/c1-12(21)10-14-4-3-8-20(14)9-7-17(22)19-15-11-13(18)5-6-16(15)23-2/h5-6,11-12,14,21H,3-4,7-10H2,1-2H3,(H,19,22). The fourth-order valence-corrected chi connectivity index (χ4v) is 3.26. The number of anilines is 1. The van der Waals surface area contributed by atoms with Crippen molar-refractivity contribution in [1.29, 1.82) is 0 Å². The molecule has 2 N–H and O–H groups in total. The van der Waals surface area contributed by atoms with Crippen molar-refractivity contribution < 1.29 is 14.6 Å². The van der Waals surface area contributed by atoms with E-state index >= 15 is 0 Å². The Bertz CT molecular complexity index is 537. The molecule has 1 aliphatic heterocycles. The van der Waals surface area contributed by atoms with Gasteiger partial charge in [0.25, 0.3) is 0 Å². The molecule has 2 atom stereocenters. The van der Waals surface area contributed by atoms with E-state index in [0.717, 1.165) is 25.8 Å². The lowest BCUT2D eigenvalue weighted by Crippen LogP contribution is -2.34. The number of hydrogen-bond donors (Lipinski definition) is 2. The summed E-state index contributed by atoms with van der Waals surface area (Å²) in [7, 11) is 1.56. The Morgan fingerprint density at radius 3 is 3.04 bits per heavy atom. The summed E-state index contributed by atoms with van der Waals surface area (Å²) in [5.41, 5.74) is 0.590. The van der Waals surface area contributed by atoms with Crippen LogP contribution < -0.4 is 10.1 Å². The maximum atomic E-state index is 12.2. The van der Waals surface area contributed by atoms with Gasteiger partial charge < -0.3 is 15.2 Å². The van der Waals surface area contributed by atoms with E-state index in [0.29, 0.717) is 35.5 Å². The summed E-state index contributed by atoms with van der Waals surface area (Å²) in [6.45, 7) is 3.51. The Morgan fingerprint density at radius 1 is 1.57 bits per heavy atom. The molecule has 0 aromatic heterocycles. The highest BCUT2D eigenvalue weighted by molar-refractivity contribution is 6.31. The number of nitrogens with zero attached hydrogens (tertiary/aromatic N) is 1. The zero-order valence-corrected chi connectivity index (χ0v) is 14.5. The second-order valence-corrected chi connectivity index (χ2v) is 6.50. The van der Waals surface area contributed by atoms with E-state index in [1.807, 2.05) is 6.92 Å². The summed E-state index contributed by atoms with van der Waals surface area (Å²) in [5, 5.41) is 13.0. The quantitative estimate of drug-likeness (QED) is 0.801. The van der Waals surface area contributed by atoms with Crippen molar-refractivity contribution in [2.45, 2.75) is 44.8 Å². The van der Waals surface area contributed by atoms with Crippen LogP contribution in [-0.4, -0.2) is 48.3 Å². The van der Waals surface area contributed by atoms with Gasteiger partial charge in [-0.3, -0.25) is 9.69 Å². The molecule has 1 aromatic rings. The van der Waals surface area contributed by atoms with Gasteiger partial charge in [-0.15, -0.1) is 0 Å². The number of aliphatic hydroxyl groups is 1. The SMILES string of the molecule is COc1ccc(Cl)cc1NC(=O)CCN1CCCC1CC(C)O. The van der Waals surface area contributed by atoms with Crippen LogP contribution in [-0.2, 0) is 4.79 Å². The van der Waals surface area contributed by atoms with Crippen LogP contribution >= 0.6 is 11.6 Å². The molecule has 6 heteroatoms. The number of methoxy groups -OCH3 is 1. The normalized spacial score (nSPS) is 19.6. The second kappa shape index (κ2) is 8.52. The number of carbonyl (C=O) groups is 1. The molecule has 0 saturated carbocycles. The fraction of sp³-hybridized carbons (Fsp3) is 0.588. The van der Waals surface area contributed by atoms with Crippen molar-refractivity contribution in [3.05, 3.63) is 23.2 Å². The van der Waals surface area contributed by atoms with Gasteiger partial charge in [0.05, 0.1) is 18.9 Å². The van der Waals surface area contributed by atoms with E-state index in [2.05, 4.69) is 10.2 Å². The average molecular weight is 341 g/mol. The van der Waals surface area contributed by atoms with Crippen molar-refractivity contribution >= 4 is 23.2 Å². The third-order valence-electron chi connectivity index (χ3n) is 4.17. The van der Waals surface area contributed by atoms with Crippen LogP contribution in [0.25, 0.3) is 0 Å². The zero-order valence-electron chi connectivity index (χ0n) is 13.7. The number of aliphatic hydroxyl groups excluding tert-OH is 1. The monoisotopic (exact) mass is 340 g/mol. The third-order valence-corrected chi connectivity index (χ3v) is 4.41. The molecule has 5 nitrogen and oxygen atoms in total. The highest BCUT2D eigenvalue weighted by atomic mass is 35.5. The molecule has 0 radical (unpaired) electrons. The highest BCUT2D eigenvalue weighted by Crippen LogP contribution is 2.28. The Hall–Kier alpha value is -1.30. The van der Waals surface area contributed by atoms with Gasteiger partial charge in [0, 0.05) is 24.0 Å². The lowest BCUT2D eigenvalue weighted by atomic mass is 10.1. The van der Waals surface area contributed by atoms with Crippen LogP contribution in [0.4, 0.5) is 5.69 Å². The van der Waals surface area contributed by atoms with Gasteiger partial charge in [0.15, 0.2) is 0 Å². The highest BCUT2D eigenvalue weighted by Gasteiger charge is 2.25. The first-order valence-electron chi connectivity index (χ1n) is 8.05. The van der Waals surface area contributed by atoms with Crippen LogP contribution in [0.1, 0.15) is 32.6 Å². The van der Waals surface area contributed by atoms with Crippen molar-refractivity contribution in [3.63, 3.8) is 0 Å². The smallest absolute Gasteiger partial charge is 0.225 e. The van der Waals surface area contributed by atoms with Gasteiger partial charge in [-0.1, -0.05) is 11.6 Å². The fourth-order valence-electron chi connectivity index (χ4n) is 3.09. The van der Waals surface area contributed by atoms with Crippen molar-refractivity contribution in [1.82, 2.24) is 4.90 Å². The van der Waals surface area contributed by atoms with Crippen molar-refractivity contribution in [3.8, 4) is 5.75 Å². The number of rotatable bonds is 7. The molecule has 23 heavy (non-hydrogen) atoms. The Kier molecular flexibility index (Phi) is 6.69. The van der Waals surface area contributed by atoms with Gasteiger partial charge in [0.1, 0.15) is 5.75 Å². The predicted octanol–water partition coefficient (Wildman–Crippen LogP) is 2.91. The Balaban J connectivity index is 1.87. The van der Waals surface area contributed by atoms with E-state index in [9.17, 15) is 9.90 Å².